The van der Waals surface area contributed by atoms with Gasteiger partial charge >= 0.3 is 0 Å². The lowest BCUT2D eigenvalue weighted by Gasteiger charge is -2.08. The second-order valence-electron chi connectivity index (χ2n) is 4.84. The van der Waals surface area contributed by atoms with E-state index < -0.39 is 5.91 Å². The number of hydrogen-bond acceptors (Lipinski definition) is 4. The van der Waals surface area contributed by atoms with Crippen LogP contribution in [0.5, 0.6) is 5.75 Å². The van der Waals surface area contributed by atoms with Gasteiger partial charge in [-0.05, 0) is 43.3 Å². The van der Waals surface area contributed by atoms with Crippen LogP contribution in [0.2, 0.25) is 0 Å². The van der Waals surface area contributed by atoms with Crippen molar-refractivity contribution in [2.24, 2.45) is 0 Å². The summed E-state index contributed by atoms with van der Waals surface area (Å²) in [5, 5.41) is 5.38. The maximum Gasteiger partial charge on any atom is 0.274 e. The molecule has 0 saturated carbocycles. The molecule has 1 heterocycles. The van der Waals surface area contributed by atoms with Crippen LogP contribution in [0.15, 0.2) is 55.3 Å². The summed E-state index contributed by atoms with van der Waals surface area (Å²) in [6.07, 6.45) is 3.01. The molecule has 0 aliphatic rings. The van der Waals surface area contributed by atoms with Gasteiger partial charge in [-0.15, -0.1) is 6.58 Å². The van der Waals surface area contributed by atoms with Crippen LogP contribution in [0.25, 0.3) is 0 Å². The summed E-state index contributed by atoms with van der Waals surface area (Å²) in [4.78, 5) is 28.2. The Kier molecular flexibility index (Phi) is 6.08. The van der Waals surface area contributed by atoms with E-state index in [2.05, 4.69) is 22.2 Å². The van der Waals surface area contributed by atoms with Gasteiger partial charge in [-0.1, -0.05) is 6.08 Å². The van der Waals surface area contributed by atoms with Gasteiger partial charge in [-0.25, -0.2) is 0 Å². The maximum atomic E-state index is 12.3. The van der Waals surface area contributed by atoms with Gasteiger partial charge in [0.2, 0.25) is 0 Å². The molecular weight excluding hydrogens is 306 g/mol. The molecular formula is C18H19N3O3. The lowest BCUT2D eigenvalue weighted by Crippen LogP contribution is -2.24. The van der Waals surface area contributed by atoms with E-state index >= 15 is 0 Å². The number of amides is 2. The van der Waals surface area contributed by atoms with Crippen molar-refractivity contribution < 1.29 is 14.3 Å². The molecule has 0 aliphatic heterocycles. The number of benzene rings is 1. The zero-order valence-corrected chi connectivity index (χ0v) is 13.4. The Balaban J connectivity index is 2.06. The van der Waals surface area contributed by atoms with Crippen molar-refractivity contribution >= 4 is 17.5 Å². The summed E-state index contributed by atoms with van der Waals surface area (Å²) >= 11 is 0. The molecule has 6 nitrogen and oxygen atoms in total. The Hall–Kier alpha value is -3.15. The molecule has 0 saturated heterocycles. The third-order valence-corrected chi connectivity index (χ3v) is 3.08. The molecule has 0 atom stereocenters. The highest BCUT2D eigenvalue weighted by Crippen LogP contribution is 2.16. The van der Waals surface area contributed by atoms with Crippen molar-refractivity contribution in [3.05, 3.63) is 66.5 Å². The van der Waals surface area contributed by atoms with Gasteiger partial charge < -0.3 is 15.4 Å². The van der Waals surface area contributed by atoms with Crippen LogP contribution in [0.1, 0.15) is 27.8 Å². The van der Waals surface area contributed by atoms with E-state index in [1.54, 1.807) is 36.4 Å². The Bertz CT molecular complexity index is 727. The third kappa shape index (κ3) is 4.67. The molecule has 0 radical (unpaired) electrons. The average Bonchev–Trinajstić information content (AvgIpc) is 2.61. The molecule has 0 bridgehead atoms. The van der Waals surface area contributed by atoms with Gasteiger partial charge in [0.15, 0.2) is 0 Å². The molecule has 1 aromatic carbocycles. The highest BCUT2D eigenvalue weighted by Gasteiger charge is 2.11. The van der Waals surface area contributed by atoms with Crippen LogP contribution in [0.4, 0.5) is 5.69 Å². The van der Waals surface area contributed by atoms with Crippen molar-refractivity contribution in [2.45, 2.75) is 6.92 Å². The predicted octanol–water partition coefficient (Wildman–Crippen LogP) is 2.65. The molecule has 2 amide bonds. The average molecular weight is 325 g/mol. The van der Waals surface area contributed by atoms with Gasteiger partial charge in [0.1, 0.15) is 11.4 Å². The number of ether oxygens (including phenoxy) is 1. The summed E-state index contributed by atoms with van der Waals surface area (Å²) in [5.74, 6) is 0.0551. The number of rotatable bonds is 7. The number of carbonyl (C=O) groups is 2. The summed E-state index contributed by atoms with van der Waals surface area (Å²) in [6, 6.07) is 10.0. The van der Waals surface area contributed by atoms with Gasteiger partial charge in [-0.2, -0.15) is 0 Å². The number of pyridine rings is 1. The summed E-state index contributed by atoms with van der Waals surface area (Å²) < 4.78 is 5.35. The first-order valence-electron chi connectivity index (χ1n) is 7.53. The minimum absolute atomic E-state index is 0.162. The van der Waals surface area contributed by atoms with Crippen LogP contribution in [-0.2, 0) is 0 Å². The quantitative estimate of drug-likeness (QED) is 0.767. The van der Waals surface area contributed by atoms with Crippen LogP contribution in [0, 0.1) is 0 Å². The molecule has 0 fully saturated rings. The van der Waals surface area contributed by atoms with E-state index in [-0.39, 0.29) is 11.6 Å². The predicted molar refractivity (Wildman–Crippen MR) is 92.3 cm³/mol. The Morgan fingerprint density at radius 3 is 2.62 bits per heavy atom. The second kappa shape index (κ2) is 8.47. The summed E-state index contributed by atoms with van der Waals surface area (Å²) in [7, 11) is 0. The molecule has 124 valence electrons. The van der Waals surface area contributed by atoms with Crippen molar-refractivity contribution in [1.82, 2.24) is 10.3 Å². The van der Waals surface area contributed by atoms with E-state index in [0.29, 0.717) is 24.4 Å². The summed E-state index contributed by atoms with van der Waals surface area (Å²) in [5.41, 5.74) is 1.14. The number of nitrogens with zero attached hydrogens (tertiary/aromatic N) is 1. The van der Waals surface area contributed by atoms with Crippen LogP contribution < -0.4 is 15.4 Å². The van der Waals surface area contributed by atoms with E-state index in [4.69, 9.17) is 4.74 Å². The fourth-order valence-corrected chi connectivity index (χ4v) is 1.96. The molecule has 0 unspecified atom stereocenters. The Labute approximate surface area is 140 Å². The number of aromatic nitrogens is 1. The van der Waals surface area contributed by atoms with Gasteiger partial charge in [0.05, 0.1) is 6.61 Å². The fraction of sp³-hybridized carbons (Fsp3) is 0.167. The molecule has 6 heteroatoms. The fourth-order valence-electron chi connectivity index (χ4n) is 1.96. The minimum Gasteiger partial charge on any atom is -0.494 e. The zero-order chi connectivity index (χ0) is 17.4. The second-order valence-corrected chi connectivity index (χ2v) is 4.84. The van der Waals surface area contributed by atoms with Crippen molar-refractivity contribution in [3.8, 4) is 5.75 Å². The lowest BCUT2D eigenvalue weighted by molar-refractivity contribution is 0.0958. The monoisotopic (exact) mass is 325 g/mol. The Morgan fingerprint density at radius 2 is 1.96 bits per heavy atom. The highest BCUT2D eigenvalue weighted by atomic mass is 16.5. The van der Waals surface area contributed by atoms with E-state index in [1.165, 1.54) is 12.3 Å². The van der Waals surface area contributed by atoms with Gasteiger partial charge in [-0.3, -0.25) is 14.6 Å². The van der Waals surface area contributed by atoms with Gasteiger partial charge in [0, 0.05) is 24.0 Å². The molecule has 2 rings (SSSR count). The third-order valence-electron chi connectivity index (χ3n) is 3.08. The van der Waals surface area contributed by atoms with Crippen molar-refractivity contribution in [2.75, 3.05) is 18.5 Å². The van der Waals surface area contributed by atoms with Crippen LogP contribution in [-0.4, -0.2) is 29.9 Å². The van der Waals surface area contributed by atoms with E-state index in [1.807, 2.05) is 6.92 Å². The molecule has 2 aromatic rings. The first-order valence-corrected chi connectivity index (χ1v) is 7.53. The highest BCUT2D eigenvalue weighted by molar-refractivity contribution is 6.04. The summed E-state index contributed by atoms with van der Waals surface area (Å²) in [6.45, 7) is 6.37. The first-order chi connectivity index (χ1) is 11.6. The standard InChI is InChI=1S/C18H19N3O3/c1-3-10-20-17(22)13-9-11-19-16(12-13)18(23)21-14-5-7-15(8-6-14)24-4-2/h3,5-9,11-12H,1,4,10H2,2H3,(H,20,22)(H,21,23). The number of nitrogens with one attached hydrogen (secondary N) is 2. The van der Waals surface area contributed by atoms with Crippen LogP contribution in [0.3, 0.4) is 0 Å². The maximum absolute atomic E-state index is 12.3. The van der Waals surface area contributed by atoms with Crippen molar-refractivity contribution in [3.63, 3.8) is 0 Å². The molecule has 24 heavy (non-hydrogen) atoms. The molecule has 0 aliphatic carbocycles. The largest absolute Gasteiger partial charge is 0.494 e. The molecule has 1 aromatic heterocycles. The van der Waals surface area contributed by atoms with E-state index in [9.17, 15) is 9.59 Å². The topological polar surface area (TPSA) is 80.3 Å². The number of anilines is 1. The SMILES string of the molecule is C=CCNC(=O)c1ccnc(C(=O)Nc2ccc(OCC)cc2)c1. The van der Waals surface area contributed by atoms with E-state index in [0.717, 1.165) is 5.75 Å². The molecule has 2 N–H and O–H groups in total. The Morgan fingerprint density at radius 1 is 1.21 bits per heavy atom. The number of carbonyl (C=O) groups excluding carboxylic acids is 2. The lowest BCUT2D eigenvalue weighted by atomic mass is 10.2. The van der Waals surface area contributed by atoms with Crippen molar-refractivity contribution in [1.29, 1.82) is 0 Å². The normalized spacial score (nSPS) is 9.88. The zero-order valence-electron chi connectivity index (χ0n) is 13.4. The van der Waals surface area contributed by atoms with Gasteiger partial charge in [0.25, 0.3) is 11.8 Å². The molecule has 0 spiro atoms. The smallest absolute Gasteiger partial charge is 0.274 e. The van der Waals surface area contributed by atoms with Crippen LogP contribution >= 0.6 is 0 Å². The minimum atomic E-state index is -0.391. The number of hydrogen-bond donors (Lipinski definition) is 2. The first kappa shape index (κ1) is 17.2.